The zero-order valence-electron chi connectivity index (χ0n) is 16.8. The highest BCUT2D eigenvalue weighted by Gasteiger charge is 2.47. The molecule has 0 bridgehead atoms. The average molecular weight is 384 g/mol. The maximum atomic E-state index is 12.3. The molecule has 4 rings (SSSR count). The number of H-pyrrole nitrogens is 1. The second-order valence-corrected chi connectivity index (χ2v) is 7.58. The summed E-state index contributed by atoms with van der Waals surface area (Å²) in [6.07, 6.45) is 1.48. The zero-order valence-corrected chi connectivity index (χ0v) is 16.8. The first-order chi connectivity index (χ1) is 13.6. The van der Waals surface area contributed by atoms with Crippen molar-refractivity contribution in [3.63, 3.8) is 0 Å². The summed E-state index contributed by atoms with van der Waals surface area (Å²) >= 11 is 0. The summed E-state index contributed by atoms with van der Waals surface area (Å²) < 4.78 is 10.8. The number of aromatic nitrogens is 2. The topological polar surface area (TPSA) is 70.7 Å². The van der Waals surface area contributed by atoms with E-state index >= 15 is 0 Å². The molecule has 2 fully saturated rings. The number of carbonyl (C=O) groups excluding carboxylic acids is 1. The van der Waals surface area contributed by atoms with Crippen molar-refractivity contribution in [3.8, 4) is 5.75 Å². The van der Waals surface area contributed by atoms with Gasteiger partial charge in [0.05, 0.1) is 18.8 Å². The molecule has 0 aliphatic carbocycles. The second kappa shape index (κ2) is 7.83. The number of ether oxygens (including phenoxy) is 2. The monoisotopic (exact) mass is 384 g/mol. The summed E-state index contributed by atoms with van der Waals surface area (Å²) in [6.45, 7) is 7.22. The lowest BCUT2D eigenvalue weighted by atomic mass is 10.1. The number of carbonyl (C=O) groups is 1. The Balaban J connectivity index is 1.36. The molecule has 2 aromatic rings. The van der Waals surface area contributed by atoms with Crippen molar-refractivity contribution in [3.05, 3.63) is 47.0 Å². The van der Waals surface area contributed by atoms with Crippen LogP contribution in [0.5, 0.6) is 5.75 Å². The van der Waals surface area contributed by atoms with Crippen LogP contribution in [0.4, 0.5) is 4.79 Å². The molecule has 2 aliphatic heterocycles. The molecule has 7 nitrogen and oxygen atoms in total. The molecule has 2 atom stereocenters. The second-order valence-electron chi connectivity index (χ2n) is 7.58. The summed E-state index contributed by atoms with van der Waals surface area (Å²) in [5.74, 6) is 1.87. The molecule has 1 aromatic heterocycles. The normalized spacial score (nSPS) is 21.8. The minimum Gasteiger partial charge on any atom is -0.497 e. The van der Waals surface area contributed by atoms with E-state index in [2.05, 4.69) is 28.7 Å². The van der Waals surface area contributed by atoms with E-state index in [1.54, 1.807) is 7.11 Å². The minimum atomic E-state index is -0.188. The first-order valence-corrected chi connectivity index (χ1v) is 9.94. The standard InChI is InChI=1S/C21H28N4O3/c1-4-20-22-14(2)17(23-20)11-24-12-18-19(13-24)28-21(26)25(18)10-9-15-5-7-16(27-3)8-6-15/h5-8,18-19H,4,9-13H2,1-3H3,(H,22,23)/t18-,19+/m0/s1. The highest BCUT2D eigenvalue weighted by atomic mass is 16.6. The van der Waals surface area contributed by atoms with E-state index < -0.39 is 0 Å². The number of aromatic amines is 1. The quantitative estimate of drug-likeness (QED) is 0.794. The fourth-order valence-corrected chi connectivity index (χ4v) is 4.10. The Bertz CT molecular complexity index is 833. The van der Waals surface area contributed by atoms with Gasteiger partial charge in [0.15, 0.2) is 0 Å². The molecule has 0 spiro atoms. The van der Waals surface area contributed by atoms with Crippen LogP contribution in [0.2, 0.25) is 0 Å². The Kier molecular flexibility index (Phi) is 5.26. The molecular weight excluding hydrogens is 356 g/mol. The van der Waals surface area contributed by atoms with Crippen LogP contribution < -0.4 is 4.74 Å². The third-order valence-electron chi connectivity index (χ3n) is 5.74. The van der Waals surface area contributed by atoms with Gasteiger partial charge in [-0.25, -0.2) is 9.78 Å². The van der Waals surface area contributed by atoms with Gasteiger partial charge in [0.25, 0.3) is 0 Å². The Morgan fingerprint density at radius 3 is 2.75 bits per heavy atom. The number of hydrogen-bond acceptors (Lipinski definition) is 5. The number of rotatable bonds is 7. The van der Waals surface area contributed by atoms with Gasteiger partial charge in [-0.15, -0.1) is 0 Å². The number of nitrogens with one attached hydrogen (secondary N) is 1. The van der Waals surface area contributed by atoms with Gasteiger partial charge in [-0.05, 0) is 31.0 Å². The molecule has 2 aliphatic rings. The number of fused-ring (bicyclic) bond motifs is 1. The minimum absolute atomic E-state index is 0.0479. The summed E-state index contributed by atoms with van der Waals surface area (Å²) in [6, 6.07) is 8.12. The van der Waals surface area contributed by atoms with E-state index in [1.807, 2.05) is 29.2 Å². The first-order valence-electron chi connectivity index (χ1n) is 9.94. The van der Waals surface area contributed by atoms with E-state index in [1.165, 1.54) is 5.56 Å². The van der Waals surface area contributed by atoms with E-state index in [-0.39, 0.29) is 18.2 Å². The van der Waals surface area contributed by atoms with Crippen LogP contribution in [0.3, 0.4) is 0 Å². The van der Waals surface area contributed by atoms with Crippen LogP contribution in [0.1, 0.15) is 29.7 Å². The van der Waals surface area contributed by atoms with Crippen LogP contribution >= 0.6 is 0 Å². The van der Waals surface area contributed by atoms with Crippen molar-refractivity contribution in [2.75, 3.05) is 26.7 Å². The fourth-order valence-electron chi connectivity index (χ4n) is 4.10. The maximum Gasteiger partial charge on any atom is 0.410 e. The van der Waals surface area contributed by atoms with Crippen LogP contribution in [-0.4, -0.2) is 64.8 Å². The van der Waals surface area contributed by atoms with Gasteiger partial charge in [0.1, 0.15) is 17.7 Å². The summed E-state index contributed by atoms with van der Waals surface area (Å²) in [5.41, 5.74) is 3.40. The number of likely N-dealkylation sites (tertiary alicyclic amines) is 1. The average Bonchev–Trinajstić information content (AvgIpc) is 3.33. The number of methoxy groups -OCH3 is 1. The van der Waals surface area contributed by atoms with Gasteiger partial charge < -0.3 is 14.5 Å². The van der Waals surface area contributed by atoms with E-state index in [4.69, 9.17) is 9.47 Å². The molecule has 150 valence electrons. The van der Waals surface area contributed by atoms with Crippen molar-refractivity contribution in [2.45, 2.75) is 45.4 Å². The van der Waals surface area contributed by atoms with Gasteiger partial charge in [0, 0.05) is 38.3 Å². The molecule has 2 saturated heterocycles. The largest absolute Gasteiger partial charge is 0.497 e. The number of aryl methyl sites for hydroxylation is 2. The predicted octanol–water partition coefficient (Wildman–Crippen LogP) is 2.54. The van der Waals surface area contributed by atoms with Crippen LogP contribution in [0.15, 0.2) is 24.3 Å². The van der Waals surface area contributed by atoms with Gasteiger partial charge in [-0.1, -0.05) is 19.1 Å². The van der Waals surface area contributed by atoms with Gasteiger partial charge in [-0.3, -0.25) is 9.80 Å². The predicted molar refractivity (Wildman–Crippen MR) is 105 cm³/mol. The molecular formula is C21H28N4O3. The van der Waals surface area contributed by atoms with Crippen molar-refractivity contribution >= 4 is 6.09 Å². The smallest absolute Gasteiger partial charge is 0.410 e. The van der Waals surface area contributed by atoms with Gasteiger partial charge >= 0.3 is 6.09 Å². The highest BCUT2D eigenvalue weighted by molar-refractivity contribution is 5.71. The third-order valence-corrected chi connectivity index (χ3v) is 5.74. The van der Waals surface area contributed by atoms with E-state index in [9.17, 15) is 4.79 Å². The summed E-state index contributed by atoms with van der Waals surface area (Å²) in [4.78, 5) is 24.6. The molecule has 0 radical (unpaired) electrons. The highest BCUT2D eigenvalue weighted by Crippen LogP contribution is 2.28. The molecule has 1 aromatic carbocycles. The lowest BCUT2D eigenvalue weighted by Gasteiger charge is -2.22. The van der Waals surface area contributed by atoms with E-state index in [0.717, 1.165) is 55.4 Å². The molecule has 1 N–H and O–H groups in total. The van der Waals surface area contributed by atoms with Crippen LogP contribution in [0.25, 0.3) is 0 Å². The Morgan fingerprint density at radius 2 is 2.07 bits per heavy atom. The van der Waals surface area contributed by atoms with Crippen LogP contribution in [-0.2, 0) is 24.1 Å². The molecule has 3 heterocycles. The van der Waals surface area contributed by atoms with E-state index in [0.29, 0.717) is 6.54 Å². The van der Waals surface area contributed by atoms with Crippen LogP contribution in [0, 0.1) is 6.92 Å². The summed E-state index contributed by atoms with van der Waals surface area (Å²) in [7, 11) is 1.66. The number of amides is 1. The SMILES string of the molecule is CCc1nc(CN2C[C@H]3OC(=O)N(CCc4ccc(OC)cc4)[C@H]3C2)c(C)[nH]1. The molecule has 7 heteroatoms. The third kappa shape index (κ3) is 3.71. The number of benzene rings is 1. The molecule has 1 amide bonds. The van der Waals surface area contributed by atoms with Crippen molar-refractivity contribution in [2.24, 2.45) is 0 Å². The molecule has 0 unspecified atom stereocenters. The Hall–Kier alpha value is -2.54. The number of nitrogens with zero attached hydrogens (tertiary/aromatic N) is 3. The first kappa shape index (κ1) is 18.8. The van der Waals surface area contributed by atoms with Gasteiger partial charge in [-0.2, -0.15) is 0 Å². The molecule has 28 heavy (non-hydrogen) atoms. The lowest BCUT2D eigenvalue weighted by molar-refractivity contribution is 0.120. The summed E-state index contributed by atoms with van der Waals surface area (Å²) in [5, 5.41) is 0. The van der Waals surface area contributed by atoms with Crippen molar-refractivity contribution < 1.29 is 14.3 Å². The number of hydrogen-bond donors (Lipinski definition) is 1. The Morgan fingerprint density at radius 1 is 1.29 bits per heavy atom. The zero-order chi connectivity index (χ0) is 19.7. The maximum absolute atomic E-state index is 12.3. The Labute approximate surface area is 165 Å². The number of imidazole rings is 1. The van der Waals surface area contributed by atoms with Crippen molar-refractivity contribution in [1.82, 2.24) is 19.8 Å². The van der Waals surface area contributed by atoms with Gasteiger partial charge in [0.2, 0.25) is 0 Å². The van der Waals surface area contributed by atoms with Crippen molar-refractivity contribution in [1.29, 1.82) is 0 Å². The fraction of sp³-hybridized carbons (Fsp3) is 0.524. The lowest BCUT2D eigenvalue weighted by Crippen LogP contribution is -2.39. The molecule has 0 saturated carbocycles.